The first-order chi connectivity index (χ1) is 10.2. The number of unbranched alkanes of at least 4 members (excludes halogenated alkanes) is 1. The second-order valence-corrected chi connectivity index (χ2v) is 5.39. The monoisotopic (exact) mass is 281 g/mol. The van der Waals surface area contributed by atoms with Gasteiger partial charge in [0.05, 0.1) is 0 Å². The summed E-state index contributed by atoms with van der Waals surface area (Å²) in [5.74, 6) is 0.200. The van der Waals surface area contributed by atoms with Crippen molar-refractivity contribution in [3.8, 4) is 0 Å². The van der Waals surface area contributed by atoms with Gasteiger partial charge in [0.15, 0.2) is 0 Å². The summed E-state index contributed by atoms with van der Waals surface area (Å²) >= 11 is 0. The maximum Gasteiger partial charge on any atom is 0.234 e. The van der Waals surface area contributed by atoms with E-state index in [0.29, 0.717) is 0 Å². The minimum absolute atomic E-state index is 0.0327. The largest absolute Gasteiger partial charge is 0.281 e. The molecule has 0 heterocycles. The van der Waals surface area contributed by atoms with Crippen molar-refractivity contribution in [1.82, 2.24) is 0 Å². The standard InChI is InChI=1S/C19H23NO/c1-3-4-11-16(2)19(21)20(17-12-7-5-8-13-17)18-14-9-6-10-15-18/h5-10,12-16H,3-4,11H2,1-2H3/t16-/m0/s1. The number of rotatable bonds is 6. The first kappa shape index (κ1) is 15.3. The molecule has 21 heavy (non-hydrogen) atoms. The second kappa shape index (κ2) is 7.63. The number of hydrogen-bond acceptors (Lipinski definition) is 1. The van der Waals surface area contributed by atoms with Crippen LogP contribution in [0.3, 0.4) is 0 Å². The molecule has 0 aromatic heterocycles. The van der Waals surface area contributed by atoms with Crippen molar-refractivity contribution in [1.29, 1.82) is 0 Å². The summed E-state index contributed by atoms with van der Waals surface area (Å²) in [5, 5.41) is 0. The van der Waals surface area contributed by atoms with Crippen molar-refractivity contribution in [2.45, 2.75) is 33.1 Å². The van der Waals surface area contributed by atoms with Gasteiger partial charge < -0.3 is 0 Å². The van der Waals surface area contributed by atoms with E-state index in [1.54, 1.807) is 0 Å². The van der Waals surface area contributed by atoms with Crippen LogP contribution in [0.2, 0.25) is 0 Å². The van der Waals surface area contributed by atoms with Crippen LogP contribution < -0.4 is 4.90 Å². The Kier molecular flexibility index (Phi) is 5.56. The predicted octanol–water partition coefficient (Wildman–Crippen LogP) is 5.18. The summed E-state index contributed by atoms with van der Waals surface area (Å²) in [4.78, 5) is 14.7. The average Bonchev–Trinajstić information content (AvgIpc) is 2.54. The average molecular weight is 281 g/mol. The maximum absolute atomic E-state index is 12.9. The molecule has 0 spiro atoms. The van der Waals surface area contributed by atoms with Gasteiger partial charge in [0.1, 0.15) is 0 Å². The molecule has 0 aliphatic carbocycles. The van der Waals surface area contributed by atoms with Gasteiger partial charge in [0.25, 0.3) is 0 Å². The zero-order valence-electron chi connectivity index (χ0n) is 12.8. The van der Waals surface area contributed by atoms with Crippen LogP contribution in [-0.4, -0.2) is 5.91 Å². The summed E-state index contributed by atoms with van der Waals surface area (Å²) in [6, 6.07) is 19.7. The van der Waals surface area contributed by atoms with Gasteiger partial charge in [-0.2, -0.15) is 0 Å². The molecule has 0 aliphatic rings. The zero-order chi connectivity index (χ0) is 15.1. The molecule has 0 aliphatic heterocycles. The fraction of sp³-hybridized carbons (Fsp3) is 0.316. The summed E-state index contributed by atoms with van der Waals surface area (Å²) in [7, 11) is 0. The third kappa shape index (κ3) is 3.94. The number of benzene rings is 2. The lowest BCUT2D eigenvalue weighted by Crippen LogP contribution is -2.31. The Morgan fingerprint density at radius 3 is 1.86 bits per heavy atom. The number of amides is 1. The Morgan fingerprint density at radius 2 is 1.43 bits per heavy atom. The molecule has 0 N–H and O–H groups in total. The molecule has 2 aromatic carbocycles. The number of carbonyl (C=O) groups excluding carboxylic acids is 1. The van der Waals surface area contributed by atoms with Crippen molar-refractivity contribution in [3.63, 3.8) is 0 Å². The van der Waals surface area contributed by atoms with Gasteiger partial charge >= 0.3 is 0 Å². The van der Waals surface area contributed by atoms with Gasteiger partial charge in [0.2, 0.25) is 5.91 Å². The molecule has 2 rings (SSSR count). The molecule has 1 amide bonds. The molecular formula is C19H23NO. The molecule has 110 valence electrons. The van der Waals surface area contributed by atoms with Crippen LogP contribution in [-0.2, 0) is 4.79 Å². The number of para-hydroxylation sites is 2. The number of hydrogen-bond donors (Lipinski definition) is 0. The van der Waals surface area contributed by atoms with Crippen LogP contribution in [0.1, 0.15) is 33.1 Å². The molecule has 0 unspecified atom stereocenters. The minimum Gasteiger partial charge on any atom is -0.281 e. The highest BCUT2D eigenvalue weighted by atomic mass is 16.2. The molecule has 0 saturated heterocycles. The van der Waals surface area contributed by atoms with E-state index in [0.717, 1.165) is 30.6 Å². The summed E-state index contributed by atoms with van der Waals surface area (Å²) in [6.45, 7) is 4.18. The Balaban J connectivity index is 2.31. The maximum atomic E-state index is 12.9. The van der Waals surface area contributed by atoms with Gasteiger partial charge in [-0.25, -0.2) is 0 Å². The van der Waals surface area contributed by atoms with E-state index in [9.17, 15) is 4.79 Å². The number of nitrogens with zero attached hydrogens (tertiary/aromatic N) is 1. The molecule has 1 atom stereocenters. The van der Waals surface area contributed by atoms with Crippen molar-refractivity contribution in [2.24, 2.45) is 5.92 Å². The zero-order valence-corrected chi connectivity index (χ0v) is 12.8. The lowest BCUT2D eigenvalue weighted by atomic mass is 10.0. The van der Waals surface area contributed by atoms with Gasteiger partial charge in [-0.15, -0.1) is 0 Å². The van der Waals surface area contributed by atoms with Gasteiger partial charge in [-0.05, 0) is 30.7 Å². The van der Waals surface area contributed by atoms with E-state index < -0.39 is 0 Å². The van der Waals surface area contributed by atoms with Gasteiger partial charge in [-0.3, -0.25) is 9.69 Å². The molecule has 0 fully saturated rings. The third-order valence-corrected chi connectivity index (χ3v) is 3.66. The van der Waals surface area contributed by atoms with Crippen LogP contribution in [0.4, 0.5) is 11.4 Å². The molecule has 2 nitrogen and oxygen atoms in total. The van der Waals surface area contributed by atoms with Crippen LogP contribution in [0.15, 0.2) is 60.7 Å². The Hall–Kier alpha value is -2.09. The molecular weight excluding hydrogens is 258 g/mol. The summed E-state index contributed by atoms with van der Waals surface area (Å²) in [5.41, 5.74) is 1.86. The van der Waals surface area contributed by atoms with E-state index in [1.807, 2.05) is 72.5 Å². The van der Waals surface area contributed by atoms with Gasteiger partial charge in [-0.1, -0.05) is 63.1 Å². The van der Waals surface area contributed by atoms with Crippen LogP contribution in [0.25, 0.3) is 0 Å². The van der Waals surface area contributed by atoms with Gasteiger partial charge in [0, 0.05) is 17.3 Å². The summed E-state index contributed by atoms with van der Waals surface area (Å²) < 4.78 is 0. The molecule has 2 heteroatoms. The molecule has 0 radical (unpaired) electrons. The lowest BCUT2D eigenvalue weighted by Gasteiger charge is -2.26. The minimum atomic E-state index is 0.0327. The van der Waals surface area contributed by atoms with Crippen LogP contribution in [0.5, 0.6) is 0 Å². The lowest BCUT2D eigenvalue weighted by molar-refractivity contribution is -0.121. The van der Waals surface area contributed by atoms with Crippen LogP contribution in [0, 0.1) is 5.92 Å². The second-order valence-electron chi connectivity index (χ2n) is 5.39. The highest BCUT2D eigenvalue weighted by Crippen LogP contribution is 2.28. The molecule has 0 bridgehead atoms. The van der Waals surface area contributed by atoms with E-state index in [4.69, 9.17) is 0 Å². The Morgan fingerprint density at radius 1 is 0.952 bits per heavy atom. The highest BCUT2D eigenvalue weighted by molar-refractivity contribution is 6.01. The van der Waals surface area contributed by atoms with E-state index >= 15 is 0 Å². The third-order valence-electron chi connectivity index (χ3n) is 3.66. The smallest absolute Gasteiger partial charge is 0.234 e. The molecule has 0 saturated carbocycles. The fourth-order valence-electron chi connectivity index (χ4n) is 2.41. The summed E-state index contributed by atoms with van der Waals surface area (Å²) in [6.07, 6.45) is 3.14. The normalized spacial score (nSPS) is 11.9. The van der Waals surface area contributed by atoms with Crippen molar-refractivity contribution < 1.29 is 4.79 Å². The van der Waals surface area contributed by atoms with E-state index in [1.165, 1.54) is 0 Å². The van der Waals surface area contributed by atoms with Crippen molar-refractivity contribution in [2.75, 3.05) is 4.90 Å². The predicted molar refractivity (Wildman–Crippen MR) is 88.7 cm³/mol. The Labute approximate surface area is 127 Å². The van der Waals surface area contributed by atoms with Crippen molar-refractivity contribution >= 4 is 17.3 Å². The molecule has 2 aromatic rings. The number of carbonyl (C=O) groups is 1. The quantitative estimate of drug-likeness (QED) is 0.714. The van der Waals surface area contributed by atoms with Crippen molar-refractivity contribution in [3.05, 3.63) is 60.7 Å². The number of anilines is 2. The van der Waals surface area contributed by atoms with E-state index in [2.05, 4.69) is 6.92 Å². The van der Waals surface area contributed by atoms with E-state index in [-0.39, 0.29) is 11.8 Å². The van der Waals surface area contributed by atoms with Crippen LogP contribution >= 0.6 is 0 Å². The topological polar surface area (TPSA) is 20.3 Å². The first-order valence-electron chi connectivity index (χ1n) is 7.68. The fourth-order valence-corrected chi connectivity index (χ4v) is 2.41. The Bertz CT molecular complexity index is 511. The highest BCUT2D eigenvalue weighted by Gasteiger charge is 2.22. The SMILES string of the molecule is CCCC[C@H](C)C(=O)N(c1ccccc1)c1ccccc1. The first-order valence-corrected chi connectivity index (χ1v) is 7.68.